The molecule has 7 nitrogen and oxygen atoms in total. The van der Waals surface area contributed by atoms with Crippen LogP contribution in [0, 0.1) is 6.92 Å². The molecule has 1 fully saturated rings. The van der Waals surface area contributed by atoms with Crippen LogP contribution in [0.1, 0.15) is 27.0 Å². The predicted octanol–water partition coefficient (Wildman–Crippen LogP) is 4.13. The summed E-state index contributed by atoms with van der Waals surface area (Å²) in [7, 11) is 0. The topological polar surface area (TPSA) is 83.6 Å². The van der Waals surface area contributed by atoms with Gasteiger partial charge in [-0.1, -0.05) is 24.3 Å². The molecule has 2 N–H and O–H groups in total. The van der Waals surface area contributed by atoms with E-state index in [9.17, 15) is 9.59 Å². The number of nitrogens with one attached hydrogen (secondary N) is 2. The Morgan fingerprint density at radius 1 is 1.06 bits per heavy atom. The maximum Gasteiger partial charge on any atom is 0.255 e. The van der Waals surface area contributed by atoms with Crippen LogP contribution in [0.5, 0.6) is 0 Å². The largest absolute Gasteiger partial charge is 0.379 e. The lowest BCUT2D eigenvalue weighted by molar-refractivity contribution is -0.111. The van der Waals surface area contributed by atoms with E-state index >= 15 is 0 Å². The van der Waals surface area contributed by atoms with Crippen LogP contribution in [0.15, 0.2) is 73.1 Å². The number of hydrogen-bond acceptors (Lipinski definition) is 5. The Morgan fingerprint density at radius 2 is 1.85 bits per heavy atom. The Kier molecular flexibility index (Phi) is 7.80. The van der Waals surface area contributed by atoms with Gasteiger partial charge in [-0.3, -0.25) is 19.5 Å². The van der Waals surface area contributed by atoms with Crippen LogP contribution >= 0.6 is 0 Å². The number of amides is 2. The van der Waals surface area contributed by atoms with Gasteiger partial charge in [0.15, 0.2) is 0 Å². The molecular weight excluding hydrogens is 428 g/mol. The lowest BCUT2D eigenvalue weighted by atomic mass is 10.1. The standard InChI is InChI=1S/C27H28N4O3/c1-20-4-8-23(17-25(20)30-26(32)11-7-21-3-2-12-28-18-21)27(33)29-24-9-5-22(6-10-24)19-31-13-15-34-16-14-31/h2-12,17-18H,13-16,19H2,1H3,(H,29,33)(H,30,32)/b11-7+. The van der Waals surface area contributed by atoms with Gasteiger partial charge in [0.25, 0.3) is 5.91 Å². The van der Waals surface area contributed by atoms with Gasteiger partial charge in [0, 0.05) is 55.0 Å². The monoisotopic (exact) mass is 456 g/mol. The second-order valence-corrected chi connectivity index (χ2v) is 8.18. The molecule has 0 aliphatic carbocycles. The van der Waals surface area contributed by atoms with E-state index < -0.39 is 0 Å². The Morgan fingerprint density at radius 3 is 2.59 bits per heavy atom. The quantitative estimate of drug-likeness (QED) is 0.523. The van der Waals surface area contributed by atoms with Crippen molar-refractivity contribution in [2.75, 3.05) is 36.9 Å². The van der Waals surface area contributed by atoms with Gasteiger partial charge in [-0.15, -0.1) is 0 Å². The fraction of sp³-hybridized carbons (Fsp3) is 0.222. The van der Waals surface area contributed by atoms with Crippen LogP contribution in [-0.4, -0.2) is 48.0 Å². The molecule has 2 heterocycles. The lowest BCUT2D eigenvalue weighted by Gasteiger charge is -2.26. The Bertz CT molecular complexity index is 1150. The molecule has 0 unspecified atom stereocenters. The number of nitrogens with zero attached hydrogens (tertiary/aromatic N) is 2. The normalized spacial score (nSPS) is 14.1. The van der Waals surface area contributed by atoms with E-state index in [2.05, 4.69) is 20.5 Å². The number of rotatable bonds is 7. The minimum absolute atomic E-state index is 0.234. The average Bonchev–Trinajstić information content (AvgIpc) is 2.86. The van der Waals surface area contributed by atoms with Crippen molar-refractivity contribution in [2.24, 2.45) is 0 Å². The predicted molar refractivity (Wildman–Crippen MR) is 134 cm³/mol. The summed E-state index contributed by atoms with van der Waals surface area (Å²) in [5.41, 5.74) is 4.68. The zero-order chi connectivity index (χ0) is 23.8. The molecule has 0 bridgehead atoms. The molecule has 3 aromatic rings. The third-order valence-electron chi connectivity index (χ3n) is 5.59. The molecular formula is C27H28N4O3. The van der Waals surface area contributed by atoms with Crippen LogP contribution < -0.4 is 10.6 Å². The lowest BCUT2D eigenvalue weighted by Crippen LogP contribution is -2.35. The van der Waals surface area contributed by atoms with Crippen molar-refractivity contribution in [3.63, 3.8) is 0 Å². The van der Waals surface area contributed by atoms with Gasteiger partial charge < -0.3 is 15.4 Å². The number of hydrogen-bond donors (Lipinski definition) is 2. The minimum atomic E-state index is -0.277. The van der Waals surface area contributed by atoms with Crippen LogP contribution in [0.2, 0.25) is 0 Å². The van der Waals surface area contributed by atoms with Crippen LogP contribution in [0.3, 0.4) is 0 Å². The first-order valence-electron chi connectivity index (χ1n) is 11.3. The first-order chi connectivity index (χ1) is 16.6. The van der Waals surface area contributed by atoms with E-state index in [1.807, 2.05) is 49.4 Å². The molecule has 0 spiro atoms. The molecule has 0 atom stereocenters. The van der Waals surface area contributed by atoms with Crippen molar-refractivity contribution in [3.05, 3.63) is 95.3 Å². The van der Waals surface area contributed by atoms with Crippen molar-refractivity contribution in [3.8, 4) is 0 Å². The molecule has 0 saturated carbocycles. The van der Waals surface area contributed by atoms with E-state index in [1.54, 1.807) is 30.6 Å². The molecule has 174 valence electrons. The molecule has 7 heteroatoms. The van der Waals surface area contributed by atoms with E-state index in [1.165, 1.54) is 11.6 Å². The van der Waals surface area contributed by atoms with Gasteiger partial charge in [-0.2, -0.15) is 0 Å². The average molecular weight is 457 g/mol. The molecule has 1 aliphatic heterocycles. The number of anilines is 2. The molecule has 4 rings (SSSR count). The highest BCUT2D eigenvalue weighted by molar-refractivity contribution is 6.07. The maximum absolute atomic E-state index is 12.8. The van der Waals surface area contributed by atoms with Gasteiger partial charge in [0.1, 0.15) is 0 Å². The Labute approximate surface area is 199 Å². The van der Waals surface area contributed by atoms with E-state index in [0.29, 0.717) is 11.3 Å². The molecule has 1 aliphatic rings. The number of ether oxygens (including phenoxy) is 1. The maximum atomic E-state index is 12.8. The molecule has 0 radical (unpaired) electrons. The summed E-state index contributed by atoms with van der Waals surface area (Å²) < 4.78 is 5.39. The highest BCUT2D eigenvalue weighted by Crippen LogP contribution is 2.19. The summed E-state index contributed by atoms with van der Waals surface area (Å²) in [5.74, 6) is -0.511. The van der Waals surface area contributed by atoms with Crippen molar-refractivity contribution < 1.29 is 14.3 Å². The molecule has 1 aromatic heterocycles. The van der Waals surface area contributed by atoms with Crippen molar-refractivity contribution >= 4 is 29.3 Å². The first kappa shape index (κ1) is 23.4. The summed E-state index contributed by atoms with van der Waals surface area (Å²) in [6.07, 6.45) is 6.49. The summed E-state index contributed by atoms with van der Waals surface area (Å²) in [6.45, 7) is 6.17. The van der Waals surface area contributed by atoms with Crippen LogP contribution in [0.25, 0.3) is 6.08 Å². The van der Waals surface area contributed by atoms with Gasteiger partial charge >= 0.3 is 0 Å². The fourth-order valence-corrected chi connectivity index (χ4v) is 3.63. The molecule has 2 aromatic carbocycles. The molecule has 1 saturated heterocycles. The third-order valence-corrected chi connectivity index (χ3v) is 5.59. The molecule has 2 amide bonds. The highest BCUT2D eigenvalue weighted by atomic mass is 16.5. The molecule has 34 heavy (non-hydrogen) atoms. The minimum Gasteiger partial charge on any atom is -0.379 e. The van der Waals surface area contributed by atoms with Gasteiger partial charge in [-0.05, 0) is 60.0 Å². The summed E-state index contributed by atoms with van der Waals surface area (Å²) >= 11 is 0. The number of aryl methyl sites for hydroxylation is 1. The number of aromatic nitrogens is 1. The second-order valence-electron chi connectivity index (χ2n) is 8.18. The number of morpholine rings is 1. The summed E-state index contributed by atoms with van der Waals surface area (Å²) in [5, 5.41) is 5.78. The van der Waals surface area contributed by atoms with Crippen LogP contribution in [0.4, 0.5) is 11.4 Å². The highest BCUT2D eigenvalue weighted by Gasteiger charge is 2.12. The number of carbonyl (C=O) groups excluding carboxylic acids is 2. The van der Waals surface area contributed by atoms with E-state index in [-0.39, 0.29) is 11.8 Å². The zero-order valence-electron chi connectivity index (χ0n) is 19.2. The summed E-state index contributed by atoms with van der Waals surface area (Å²) in [4.78, 5) is 31.5. The van der Waals surface area contributed by atoms with Crippen LogP contribution in [-0.2, 0) is 16.1 Å². The summed E-state index contributed by atoms with van der Waals surface area (Å²) in [6, 6.07) is 16.8. The van der Waals surface area contributed by atoms with Gasteiger partial charge in [0.05, 0.1) is 13.2 Å². The second kappa shape index (κ2) is 11.4. The first-order valence-corrected chi connectivity index (χ1v) is 11.3. The van der Waals surface area contributed by atoms with Crippen molar-refractivity contribution in [1.82, 2.24) is 9.88 Å². The van der Waals surface area contributed by atoms with E-state index in [0.717, 1.165) is 49.7 Å². The van der Waals surface area contributed by atoms with Gasteiger partial charge in [0.2, 0.25) is 5.91 Å². The SMILES string of the molecule is Cc1ccc(C(=O)Nc2ccc(CN3CCOCC3)cc2)cc1NC(=O)/C=C/c1cccnc1. The number of pyridine rings is 1. The number of carbonyl (C=O) groups is 2. The van der Waals surface area contributed by atoms with Crippen molar-refractivity contribution in [1.29, 1.82) is 0 Å². The number of benzene rings is 2. The van der Waals surface area contributed by atoms with E-state index in [4.69, 9.17) is 4.74 Å². The smallest absolute Gasteiger partial charge is 0.255 e. The third kappa shape index (κ3) is 6.60. The fourth-order valence-electron chi connectivity index (χ4n) is 3.63. The zero-order valence-corrected chi connectivity index (χ0v) is 19.2. The van der Waals surface area contributed by atoms with Crippen molar-refractivity contribution in [2.45, 2.75) is 13.5 Å². The van der Waals surface area contributed by atoms with Gasteiger partial charge in [-0.25, -0.2) is 0 Å². The Balaban J connectivity index is 1.36. The Hall–Kier alpha value is -3.81.